The molecule has 0 spiro atoms. The number of carboxylic acid groups (broad SMARTS) is 1. The van der Waals surface area contributed by atoms with Gasteiger partial charge in [0.1, 0.15) is 0 Å². The van der Waals surface area contributed by atoms with E-state index < -0.39 is 12.1 Å². The van der Waals surface area contributed by atoms with Crippen LogP contribution in [0.1, 0.15) is 17.2 Å². The van der Waals surface area contributed by atoms with E-state index in [9.17, 15) is 14.7 Å². The van der Waals surface area contributed by atoms with Crippen LogP contribution in [0.2, 0.25) is 0 Å². The number of rotatable bonds is 5. The maximum Gasteiger partial charge on any atom is 0.337 e. The minimum atomic E-state index is -1.62. The molecule has 0 aliphatic heterocycles. The number of alkyl halides is 1. The molecular weight excluding hydrogens is 358 g/mol. The Labute approximate surface area is 117 Å². The third kappa shape index (κ3) is 3.93. The number of hydrogen-bond donors (Lipinski definition) is 2. The Balaban J connectivity index is 3.11. The number of hydrogen-bond acceptors (Lipinski definition) is 3. The average molecular weight is 369 g/mol. The van der Waals surface area contributed by atoms with Crippen LogP contribution in [0.3, 0.4) is 0 Å². The molecule has 0 aliphatic carbocycles. The second kappa shape index (κ2) is 6.32. The second-order valence-electron chi connectivity index (χ2n) is 3.43. The van der Waals surface area contributed by atoms with Gasteiger partial charge in [-0.1, -0.05) is 6.07 Å². The maximum absolute atomic E-state index is 11.3. The largest absolute Gasteiger partial charge is 0.479 e. The van der Waals surface area contributed by atoms with Crippen LogP contribution in [-0.2, 0) is 16.0 Å². The lowest BCUT2D eigenvalue weighted by atomic mass is 9.98. The smallest absolute Gasteiger partial charge is 0.337 e. The predicted octanol–water partition coefficient (Wildman–Crippen LogP) is 1.76. The summed E-state index contributed by atoms with van der Waals surface area (Å²) in [6.45, 7) is 0. The first-order valence-electron chi connectivity index (χ1n) is 4.72. The number of aliphatic carboxylic acids is 1. The lowest BCUT2D eigenvalue weighted by Crippen LogP contribution is -2.15. The Morgan fingerprint density at radius 1 is 1.41 bits per heavy atom. The Bertz CT molecular complexity index is 447. The molecule has 1 aromatic carbocycles. The van der Waals surface area contributed by atoms with E-state index in [2.05, 4.69) is 0 Å². The van der Waals surface area contributed by atoms with Crippen LogP contribution in [0, 0.1) is 3.57 Å². The summed E-state index contributed by atoms with van der Waals surface area (Å²) in [5.74, 6) is -1.69. The summed E-state index contributed by atoms with van der Waals surface area (Å²) in [5.41, 5.74) is 0.730. The van der Waals surface area contributed by atoms with Gasteiger partial charge in [-0.2, -0.15) is 0 Å². The molecule has 0 radical (unpaired) electrons. The highest BCUT2D eigenvalue weighted by molar-refractivity contribution is 14.1. The van der Waals surface area contributed by atoms with Gasteiger partial charge in [0.25, 0.3) is 0 Å². The number of ketones is 1. The summed E-state index contributed by atoms with van der Waals surface area (Å²) in [5, 5.41) is 18.3. The molecule has 17 heavy (non-hydrogen) atoms. The number of carboxylic acids is 1. The van der Waals surface area contributed by atoms with E-state index in [4.69, 9.17) is 16.7 Å². The van der Waals surface area contributed by atoms with Crippen LogP contribution in [0.15, 0.2) is 18.2 Å². The molecule has 0 heterocycles. The SMILES string of the molecule is O=C(CCl)Cc1cc(I)ccc1C(O)C(=O)O. The number of halogens is 2. The minimum Gasteiger partial charge on any atom is -0.479 e. The van der Waals surface area contributed by atoms with Crippen molar-refractivity contribution in [3.8, 4) is 0 Å². The highest BCUT2D eigenvalue weighted by atomic mass is 127. The van der Waals surface area contributed by atoms with Gasteiger partial charge < -0.3 is 10.2 Å². The quantitative estimate of drug-likeness (QED) is 0.613. The predicted molar refractivity (Wildman–Crippen MR) is 71.2 cm³/mol. The first kappa shape index (κ1) is 14.4. The Hall–Kier alpha value is -0.660. The van der Waals surface area contributed by atoms with Crippen LogP contribution in [0.25, 0.3) is 0 Å². The van der Waals surface area contributed by atoms with Crippen molar-refractivity contribution in [2.24, 2.45) is 0 Å². The number of benzene rings is 1. The van der Waals surface area contributed by atoms with E-state index in [1.54, 1.807) is 12.1 Å². The summed E-state index contributed by atoms with van der Waals surface area (Å²) < 4.78 is 0.862. The highest BCUT2D eigenvalue weighted by Gasteiger charge is 2.20. The molecule has 1 aromatic rings. The number of carbonyl (C=O) groups is 2. The molecule has 4 nitrogen and oxygen atoms in total. The van der Waals surface area contributed by atoms with Gasteiger partial charge in [0, 0.05) is 9.99 Å². The van der Waals surface area contributed by atoms with Crippen LogP contribution in [0.4, 0.5) is 0 Å². The van der Waals surface area contributed by atoms with E-state index in [-0.39, 0.29) is 23.6 Å². The van der Waals surface area contributed by atoms with Crippen molar-refractivity contribution in [2.75, 3.05) is 5.88 Å². The summed E-state index contributed by atoms with van der Waals surface area (Å²) >= 11 is 7.45. The first-order valence-corrected chi connectivity index (χ1v) is 6.34. The fourth-order valence-corrected chi connectivity index (χ4v) is 2.04. The molecular formula is C11H10ClIO4. The zero-order chi connectivity index (χ0) is 13.0. The molecule has 1 atom stereocenters. The standard InChI is InChI=1S/C11H10ClIO4/c12-5-8(14)4-6-3-7(13)1-2-9(6)10(15)11(16)17/h1-3,10,15H,4-5H2,(H,16,17). The highest BCUT2D eigenvalue weighted by Crippen LogP contribution is 2.22. The van der Waals surface area contributed by atoms with Crippen molar-refractivity contribution >= 4 is 45.9 Å². The van der Waals surface area contributed by atoms with Crippen molar-refractivity contribution in [3.05, 3.63) is 32.9 Å². The van der Waals surface area contributed by atoms with Crippen LogP contribution in [0.5, 0.6) is 0 Å². The second-order valence-corrected chi connectivity index (χ2v) is 4.95. The third-order valence-electron chi connectivity index (χ3n) is 2.17. The molecule has 0 aliphatic rings. The van der Waals surface area contributed by atoms with Gasteiger partial charge in [-0.05, 0) is 45.9 Å². The van der Waals surface area contributed by atoms with E-state index in [1.807, 2.05) is 22.6 Å². The molecule has 1 rings (SSSR count). The van der Waals surface area contributed by atoms with E-state index in [0.29, 0.717) is 5.56 Å². The maximum atomic E-state index is 11.3. The van der Waals surface area contributed by atoms with Crippen molar-refractivity contribution in [3.63, 3.8) is 0 Å². The molecule has 0 bridgehead atoms. The normalized spacial score (nSPS) is 12.2. The molecule has 0 amide bonds. The molecule has 1 unspecified atom stereocenters. The Morgan fingerprint density at radius 2 is 2.06 bits per heavy atom. The zero-order valence-corrected chi connectivity index (χ0v) is 11.6. The topological polar surface area (TPSA) is 74.6 Å². The summed E-state index contributed by atoms with van der Waals surface area (Å²) in [4.78, 5) is 22.0. The lowest BCUT2D eigenvalue weighted by molar-refractivity contribution is -0.147. The van der Waals surface area contributed by atoms with E-state index in [1.165, 1.54) is 6.07 Å². The third-order valence-corrected chi connectivity index (χ3v) is 3.14. The first-order chi connectivity index (χ1) is 7.95. The minimum absolute atomic E-state index is 0.0278. The Kier molecular flexibility index (Phi) is 5.35. The van der Waals surface area contributed by atoms with Gasteiger partial charge in [0.2, 0.25) is 0 Å². The molecule has 0 fully saturated rings. The number of aliphatic hydroxyl groups excluding tert-OH is 1. The molecule has 0 aromatic heterocycles. The van der Waals surface area contributed by atoms with Crippen molar-refractivity contribution in [1.82, 2.24) is 0 Å². The zero-order valence-electron chi connectivity index (χ0n) is 8.69. The number of aliphatic hydroxyl groups is 1. The van der Waals surface area contributed by atoms with Gasteiger partial charge in [-0.15, -0.1) is 11.6 Å². The molecule has 6 heteroatoms. The van der Waals surface area contributed by atoms with Crippen LogP contribution in [-0.4, -0.2) is 27.8 Å². The van der Waals surface area contributed by atoms with Gasteiger partial charge >= 0.3 is 5.97 Å². The monoisotopic (exact) mass is 368 g/mol. The van der Waals surface area contributed by atoms with E-state index >= 15 is 0 Å². The summed E-state index contributed by atoms with van der Waals surface area (Å²) in [7, 11) is 0. The van der Waals surface area contributed by atoms with E-state index in [0.717, 1.165) is 3.57 Å². The average Bonchev–Trinajstić information content (AvgIpc) is 2.28. The van der Waals surface area contributed by atoms with Crippen molar-refractivity contribution < 1.29 is 19.8 Å². The molecule has 2 N–H and O–H groups in total. The molecule has 0 saturated heterocycles. The van der Waals surface area contributed by atoms with Gasteiger partial charge in [0.15, 0.2) is 11.9 Å². The summed E-state index contributed by atoms with van der Waals surface area (Å²) in [6.07, 6.45) is -1.59. The number of carbonyl (C=O) groups excluding carboxylic acids is 1. The van der Waals surface area contributed by atoms with Crippen LogP contribution < -0.4 is 0 Å². The molecule has 0 saturated carbocycles. The Morgan fingerprint density at radius 3 is 2.59 bits per heavy atom. The fourth-order valence-electron chi connectivity index (χ4n) is 1.39. The van der Waals surface area contributed by atoms with Gasteiger partial charge in [-0.3, -0.25) is 4.79 Å². The fraction of sp³-hybridized carbons (Fsp3) is 0.273. The van der Waals surface area contributed by atoms with Gasteiger partial charge in [0.05, 0.1) is 5.88 Å². The lowest BCUT2D eigenvalue weighted by Gasteiger charge is -2.12. The van der Waals surface area contributed by atoms with Crippen molar-refractivity contribution in [2.45, 2.75) is 12.5 Å². The summed E-state index contributed by atoms with van der Waals surface area (Å²) in [6, 6.07) is 4.86. The number of Topliss-reactive ketones (excluding diaryl/α,β-unsaturated/α-hetero) is 1. The van der Waals surface area contributed by atoms with Crippen LogP contribution >= 0.6 is 34.2 Å². The molecule has 92 valence electrons. The van der Waals surface area contributed by atoms with Gasteiger partial charge in [-0.25, -0.2) is 4.79 Å². The van der Waals surface area contributed by atoms with Crippen molar-refractivity contribution in [1.29, 1.82) is 0 Å².